The normalized spacial score (nSPS) is 12.8. The van der Waals surface area contributed by atoms with Gasteiger partial charge in [0, 0.05) is 18.2 Å². The predicted octanol–water partition coefficient (Wildman–Crippen LogP) is 2.89. The van der Waals surface area contributed by atoms with Crippen LogP contribution in [0.15, 0.2) is 16.6 Å². The summed E-state index contributed by atoms with van der Waals surface area (Å²) in [6.07, 6.45) is 0.258. The first-order chi connectivity index (χ1) is 8.10. The first-order valence-corrected chi connectivity index (χ1v) is 6.26. The fourth-order valence-electron chi connectivity index (χ4n) is 1.51. The summed E-state index contributed by atoms with van der Waals surface area (Å²) < 4.78 is 32.8. The average molecular weight is 308 g/mol. The summed E-state index contributed by atoms with van der Waals surface area (Å²) in [6, 6.07) is 2.52. The summed E-state index contributed by atoms with van der Waals surface area (Å²) in [4.78, 5) is 0. The van der Waals surface area contributed by atoms with Crippen LogP contribution in [0.4, 0.5) is 8.78 Å². The van der Waals surface area contributed by atoms with Crippen LogP contribution in [-0.4, -0.2) is 26.3 Å². The number of ether oxygens (including phenoxy) is 1. The van der Waals surface area contributed by atoms with E-state index in [1.807, 2.05) is 6.92 Å². The Labute approximate surface area is 108 Å². The van der Waals surface area contributed by atoms with E-state index in [0.29, 0.717) is 13.2 Å². The molecule has 0 heterocycles. The van der Waals surface area contributed by atoms with Gasteiger partial charge in [0.15, 0.2) is 0 Å². The highest BCUT2D eigenvalue weighted by Gasteiger charge is 2.16. The molecule has 1 N–H and O–H groups in total. The second kappa shape index (κ2) is 7.03. The molecule has 0 aromatic heterocycles. The van der Waals surface area contributed by atoms with E-state index >= 15 is 0 Å². The Bertz CT molecular complexity index is 374. The van der Waals surface area contributed by atoms with Crippen molar-refractivity contribution >= 4 is 15.9 Å². The minimum Gasteiger partial charge on any atom is -0.380 e. The fourth-order valence-corrected chi connectivity index (χ4v) is 1.88. The minimum absolute atomic E-state index is 0.0819. The van der Waals surface area contributed by atoms with Gasteiger partial charge < -0.3 is 10.1 Å². The van der Waals surface area contributed by atoms with Crippen molar-refractivity contribution in [3.05, 3.63) is 33.8 Å². The third-order valence-corrected chi connectivity index (χ3v) is 3.13. The van der Waals surface area contributed by atoms with Crippen molar-refractivity contribution in [2.24, 2.45) is 0 Å². The highest BCUT2D eigenvalue weighted by atomic mass is 79.9. The van der Waals surface area contributed by atoms with Crippen LogP contribution in [0.25, 0.3) is 0 Å². The van der Waals surface area contributed by atoms with Gasteiger partial charge in [-0.05, 0) is 48.5 Å². The average Bonchev–Trinajstić information content (AvgIpc) is 2.33. The van der Waals surface area contributed by atoms with Crippen LogP contribution >= 0.6 is 15.9 Å². The van der Waals surface area contributed by atoms with E-state index in [1.54, 1.807) is 7.05 Å². The maximum atomic E-state index is 13.7. The number of likely N-dealkylation sites (N-methyl/N-ethyl adjacent to an activating group) is 1. The molecule has 1 atom stereocenters. The van der Waals surface area contributed by atoms with E-state index in [9.17, 15) is 8.78 Å². The van der Waals surface area contributed by atoms with Gasteiger partial charge in [-0.1, -0.05) is 0 Å². The lowest BCUT2D eigenvalue weighted by Gasteiger charge is -2.17. The van der Waals surface area contributed by atoms with E-state index in [2.05, 4.69) is 21.2 Å². The summed E-state index contributed by atoms with van der Waals surface area (Å²) in [7, 11) is 1.75. The molecule has 96 valence electrons. The Balaban J connectivity index is 2.81. The van der Waals surface area contributed by atoms with Gasteiger partial charge in [0.05, 0.1) is 11.1 Å². The zero-order chi connectivity index (χ0) is 12.8. The van der Waals surface area contributed by atoms with Gasteiger partial charge in [-0.3, -0.25) is 0 Å². The third-order valence-electron chi connectivity index (χ3n) is 2.52. The molecule has 2 nitrogen and oxygen atoms in total. The molecule has 0 fully saturated rings. The number of hydrogen-bond acceptors (Lipinski definition) is 2. The summed E-state index contributed by atoms with van der Waals surface area (Å²) in [5, 5.41) is 2.99. The van der Waals surface area contributed by atoms with E-state index < -0.39 is 11.6 Å². The predicted molar refractivity (Wildman–Crippen MR) is 67.1 cm³/mol. The lowest BCUT2D eigenvalue weighted by Crippen LogP contribution is -2.33. The zero-order valence-corrected chi connectivity index (χ0v) is 11.5. The lowest BCUT2D eigenvalue weighted by atomic mass is 10.1. The standard InChI is InChI=1S/C12H16BrF2NO/c1-3-17-7-8(16-2)6-9-11(14)5-4-10(13)12(9)15/h4-5,8,16H,3,6-7H2,1-2H3. The maximum Gasteiger partial charge on any atom is 0.143 e. The molecule has 0 spiro atoms. The molecule has 0 saturated heterocycles. The van der Waals surface area contributed by atoms with E-state index in [0.717, 1.165) is 0 Å². The molecule has 1 aromatic carbocycles. The second-order valence-electron chi connectivity index (χ2n) is 3.67. The Morgan fingerprint density at radius 1 is 1.41 bits per heavy atom. The van der Waals surface area contributed by atoms with Crippen molar-refractivity contribution in [3.63, 3.8) is 0 Å². The van der Waals surface area contributed by atoms with Crippen molar-refractivity contribution in [1.82, 2.24) is 5.32 Å². The van der Waals surface area contributed by atoms with Crippen LogP contribution in [0.5, 0.6) is 0 Å². The molecular formula is C12H16BrF2NO. The van der Waals surface area contributed by atoms with Crippen LogP contribution in [0, 0.1) is 11.6 Å². The molecule has 17 heavy (non-hydrogen) atoms. The maximum absolute atomic E-state index is 13.7. The molecule has 1 unspecified atom stereocenters. The first kappa shape index (κ1) is 14.5. The largest absolute Gasteiger partial charge is 0.380 e. The number of hydrogen-bond donors (Lipinski definition) is 1. The number of benzene rings is 1. The minimum atomic E-state index is -0.540. The molecule has 0 amide bonds. The van der Waals surface area contributed by atoms with Crippen LogP contribution in [0.3, 0.4) is 0 Å². The first-order valence-electron chi connectivity index (χ1n) is 5.47. The molecule has 1 aromatic rings. The van der Waals surface area contributed by atoms with Crippen LogP contribution in [0.2, 0.25) is 0 Å². The summed E-state index contributed by atoms with van der Waals surface area (Å²) in [6.45, 7) is 2.90. The van der Waals surface area contributed by atoms with Crippen LogP contribution < -0.4 is 5.32 Å². The van der Waals surface area contributed by atoms with Gasteiger partial charge in [-0.25, -0.2) is 8.78 Å². The Morgan fingerprint density at radius 3 is 2.71 bits per heavy atom. The van der Waals surface area contributed by atoms with Crippen molar-refractivity contribution in [3.8, 4) is 0 Å². The molecular weight excluding hydrogens is 292 g/mol. The number of nitrogens with one attached hydrogen (secondary N) is 1. The van der Waals surface area contributed by atoms with Gasteiger partial charge in [-0.2, -0.15) is 0 Å². The Morgan fingerprint density at radius 2 is 2.12 bits per heavy atom. The molecule has 0 aliphatic heterocycles. The molecule has 0 aliphatic carbocycles. The van der Waals surface area contributed by atoms with E-state index in [1.165, 1.54) is 12.1 Å². The van der Waals surface area contributed by atoms with Crippen LogP contribution in [-0.2, 0) is 11.2 Å². The highest BCUT2D eigenvalue weighted by molar-refractivity contribution is 9.10. The topological polar surface area (TPSA) is 21.3 Å². The smallest absolute Gasteiger partial charge is 0.143 e. The lowest BCUT2D eigenvalue weighted by molar-refractivity contribution is 0.124. The molecule has 0 bridgehead atoms. The SMILES string of the molecule is CCOCC(Cc1c(F)ccc(Br)c1F)NC. The van der Waals surface area contributed by atoms with Crippen molar-refractivity contribution in [1.29, 1.82) is 0 Å². The summed E-state index contributed by atoms with van der Waals surface area (Å²) in [5.74, 6) is -1.07. The van der Waals surface area contributed by atoms with Gasteiger partial charge in [0.25, 0.3) is 0 Å². The van der Waals surface area contributed by atoms with Crippen molar-refractivity contribution in [2.75, 3.05) is 20.3 Å². The number of halogens is 3. The van der Waals surface area contributed by atoms with E-state index in [-0.39, 0.29) is 22.5 Å². The van der Waals surface area contributed by atoms with Crippen LogP contribution in [0.1, 0.15) is 12.5 Å². The third kappa shape index (κ3) is 4.01. The van der Waals surface area contributed by atoms with Gasteiger partial charge >= 0.3 is 0 Å². The highest BCUT2D eigenvalue weighted by Crippen LogP contribution is 2.22. The molecule has 5 heteroatoms. The molecule has 1 rings (SSSR count). The Hall–Kier alpha value is -0.520. The van der Waals surface area contributed by atoms with Gasteiger partial charge in [0.1, 0.15) is 11.6 Å². The van der Waals surface area contributed by atoms with Crippen molar-refractivity contribution in [2.45, 2.75) is 19.4 Å². The van der Waals surface area contributed by atoms with Crippen molar-refractivity contribution < 1.29 is 13.5 Å². The van der Waals surface area contributed by atoms with Gasteiger partial charge in [-0.15, -0.1) is 0 Å². The van der Waals surface area contributed by atoms with Gasteiger partial charge in [0.2, 0.25) is 0 Å². The fraction of sp³-hybridized carbons (Fsp3) is 0.500. The zero-order valence-electron chi connectivity index (χ0n) is 9.90. The summed E-state index contributed by atoms with van der Waals surface area (Å²) in [5.41, 5.74) is 0.0819. The summed E-state index contributed by atoms with van der Waals surface area (Å²) >= 11 is 3.05. The van der Waals surface area contributed by atoms with E-state index in [4.69, 9.17) is 4.74 Å². The molecule has 0 saturated carbocycles. The molecule has 0 radical (unpaired) electrons. The monoisotopic (exact) mass is 307 g/mol. The quantitative estimate of drug-likeness (QED) is 0.816. The second-order valence-corrected chi connectivity index (χ2v) is 4.53. The Kier molecular flexibility index (Phi) is 6.02. The number of rotatable bonds is 6. The molecule has 0 aliphatic rings.